The van der Waals surface area contributed by atoms with Gasteiger partial charge in [0.05, 0.1) is 0 Å². The maximum Gasteiger partial charge on any atom is 0.306 e. The number of rotatable bonds is 41. The van der Waals surface area contributed by atoms with Crippen LogP contribution in [0.15, 0.2) is 48.6 Å². The Morgan fingerprint density at radius 1 is 0.364 bits per heavy atom. The second-order valence-electron chi connectivity index (χ2n) is 15.3. The van der Waals surface area contributed by atoms with E-state index in [1.165, 1.54) is 109 Å². The Bertz CT molecular complexity index is 980. The number of unbranched alkanes of at least 4 members (excludes halogenated alkanes) is 22. The van der Waals surface area contributed by atoms with E-state index in [9.17, 15) is 14.4 Å². The van der Waals surface area contributed by atoms with E-state index >= 15 is 0 Å². The molecule has 0 saturated carbocycles. The van der Waals surface area contributed by atoms with Crippen LogP contribution >= 0.6 is 0 Å². The van der Waals surface area contributed by atoms with Gasteiger partial charge in [0.1, 0.15) is 13.2 Å². The first kappa shape index (κ1) is 52.4. The van der Waals surface area contributed by atoms with Crippen LogP contribution in [-0.4, -0.2) is 37.2 Å². The van der Waals surface area contributed by atoms with Crippen molar-refractivity contribution in [3.63, 3.8) is 0 Å². The highest BCUT2D eigenvalue weighted by molar-refractivity contribution is 5.71. The molecule has 0 N–H and O–H groups in total. The third-order valence-electron chi connectivity index (χ3n) is 9.79. The van der Waals surface area contributed by atoms with Gasteiger partial charge in [0.25, 0.3) is 0 Å². The van der Waals surface area contributed by atoms with Crippen molar-refractivity contribution < 1.29 is 28.6 Å². The first-order valence-corrected chi connectivity index (χ1v) is 23.1. The Kier molecular flexibility index (Phi) is 42.0. The second-order valence-corrected chi connectivity index (χ2v) is 15.3. The number of carbonyl (C=O) groups is 3. The van der Waals surface area contributed by atoms with E-state index in [2.05, 4.69) is 63.3 Å². The zero-order valence-electron chi connectivity index (χ0n) is 36.2. The number of esters is 3. The van der Waals surface area contributed by atoms with Crippen LogP contribution in [-0.2, 0) is 28.6 Å². The predicted molar refractivity (Wildman–Crippen MR) is 233 cm³/mol. The minimum Gasteiger partial charge on any atom is -0.462 e. The summed E-state index contributed by atoms with van der Waals surface area (Å²) in [6, 6.07) is 0. The van der Waals surface area contributed by atoms with Gasteiger partial charge in [-0.1, -0.05) is 166 Å². The summed E-state index contributed by atoms with van der Waals surface area (Å²) >= 11 is 0. The molecule has 1 unspecified atom stereocenters. The number of ether oxygens (including phenoxy) is 3. The van der Waals surface area contributed by atoms with E-state index in [-0.39, 0.29) is 37.5 Å². The highest BCUT2D eigenvalue weighted by Gasteiger charge is 2.19. The van der Waals surface area contributed by atoms with Crippen molar-refractivity contribution in [2.45, 2.75) is 232 Å². The molecule has 55 heavy (non-hydrogen) atoms. The lowest BCUT2D eigenvalue weighted by Crippen LogP contribution is -2.30. The predicted octanol–water partition coefficient (Wildman–Crippen LogP) is 14.8. The molecule has 6 heteroatoms. The lowest BCUT2D eigenvalue weighted by molar-refractivity contribution is -0.166. The normalized spacial score (nSPS) is 12.4. The van der Waals surface area contributed by atoms with Gasteiger partial charge >= 0.3 is 17.9 Å². The molecule has 6 nitrogen and oxygen atoms in total. The van der Waals surface area contributed by atoms with Crippen LogP contribution in [0.1, 0.15) is 226 Å². The Morgan fingerprint density at radius 2 is 0.691 bits per heavy atom. The summed E-state index contributed by atoms with van der Waals surface area (Å²) in [7, 11) is 0. The largest absolute Gasteiger partial charge is 0.462 e. The molecular formula is C49H86O6. The number of hydrogen-bond donors (Lipinski definition) is 0. The van der Waals surface area contributed by atoms with E-state index in [0.29, 0.717) is 19.3 Å². The summed E-state index contributed by atoms with van der Waals surface area (Å²) in [6.45, 7) is 6.50. The molecule has 0 aromatic rings. The number of carbonyl (C=O) groups excluding carboxylic acids is 3. The molecule has 0 amide bonds. The smallest absolute Gasteiger partial charge is 0.306 e. The molecule has 0 aliphatic carbocycles. The van der Waals surface area contributed by atoms with Gasteiger partial charge in [0, 0.05) is 19.3 Å². The van der Waals surface area contributed by atoms with Crippen LogP contribution in [0.2, 0.25) is 0 Å². The van der Waals surface area contributed by atoms with Crippen molar-refractivity contribution >= 4 is 17.9 Å². The molecule has 0 radical (unpaired) electrons. The molecule has 0 aliphatic rings. The van der Waals surface area contributed by atoms with Crippen molar-refractivity contribution in [3.05, 3.63) is 48.6 Å². The van der Waals surface area contributed by atoms with Crippen LogP contribution in [0.5, 0.6) is 0 Å². The number of hydrogen-bond acceptors (Lipinski definition) is 6. The summed E-state index contributed by atoms with van der Waals surface area (Å²) in [5.41, 5.74) is 0. The van der Waals surface area contributed by atoms with Gasteiger partial charge in [-0.2, -0.15) is 0 Å². The zero-order valence-corrected chi connectivity index (χ0v) is 36.2. The molecule has 0 bridgehead atoms. The standard InChI is InChI=1S/C49H86O6/c1-4-7-10-13-16-19-22-25-28-30-33-36-39-42-48(51)54-45-46(55-49(52)43-40-37-34-31-27-24-21-18-15-12-9-6-3)44-53-47(50)41-38-35-32-29-26-23-20-17-14-11-8-5-2/h17-18,20-21,25,28,33,36,46H,4-16,19,22-24,26-27,29-32,34-35,37-45H2,1-3H3/b20-17-,21-18-,28-25-,36-33-. The lowest BCUT2D eigenvalue weighted by atomic mass is 10.1. The summed E-state index contributed by atoms with van der Waals surface area (Å²) in [5.74, 6) is -0.988. The summed E-state index contributed by atoms with van der Waals surface area (Å²) < 4.78 is 16.6. The van der Waals surface area contributed by atoms with E-state index in [1.807, 2.05) is 6.08 Å². The van der Waals surface area contributed by atoms with E-state index in [0.717, 1.165) is 70.6 Å². The third kappa shape index (κ3) is 42.4. The van der Waals surface area contributed by atoms with E-state index in [1.54, 1.807) is 0 Å². The van der Waals surface area contributed by atoms with Crippen molar-refractivity contribution in [1.29, 1.82) is 0 Å². The first-order valence-electron chi connectivity index (χ1n) is 23.1. The van der Waals surface area contributed by atoms with Gasteiger partial charge < -0.3 is 14.2 Å². The van der Waals surface area contributed by atoms with Gasteiger partial charge in [0.15, 0.2) is 6.10 Å². The first-order chi connectivity index (χ1) is 27.0. The quantitative estimate of drug-likeness (QED) is 0.0267. The van der Waals surface area contributed by atoms with Gasteiger partial charge in [0.2, 0.25) is 0 Å². The van der Waals surface area contributed by atoms with Crippen LogP contribution < -0.4 is 0 Å². The minimum atomic E-state index is -0.799. The Morgan fingerprint density at radius 3 is 1.16 bits per heavy atom. The average molecular weight is 771 g/mol. The monoisotopic (exact) mass is 771 g/mol. The van der Waals surface area contributed by atoms with Gasteiger partial charge in [-0.3, -0.25) is 14.4 Å². The highest BCUT2D eigenvalue weighted by atomic mass is 16.6. The zero-order chi connectivity index (χ0) is 40.1. The summed E-state index contributed by atoms with van der Waals surface area (Å²) in [4.78, 5) is 37.7. The molecule has 0 rings (SSSR count). The lowest BCUT2D eigenvalue weighted by Gasteiger charge is -2.18. The van der Waals surface area contributed by atoms with Crippen LogP contribution in [0.4, 0.5) is 0 Å². The SMILES string of the molecule is CCCCC/C=C\CCCCCCCC(=O)OCC(COC(=O)CC/C=C\C/C=C\CCCCCCCC)OC(=O)CCCCCCC/C=C\CCCCC. The fourth-order valence-electron chi connectivity index (χ4n) is 6.25. The van der Waals surface area contributed by atoms with Crippen LogP contribution in [0, 0.1) is 0 Å². The molecule has 1 atom stereocenters. The maximum atomic E-state index is 12.7. The third-order valence-corrected chi connectivity index (χ3v) is 9.79. The van der Waals surface area contributed by atoms with Crippen molar-refractivity contribution in [3.8, 4) is 0 Å². The van der Waals surface area contributed by atoms with E-state index < -0.39 is 6.10 Å². The Balaban J connectivity index is 4.47. The topological polar surface area (TPSA) is 78.9 Å². The maximum absolute atomic E-state index is 12.7. The van der Waals surface area contributed by atoms with Crippen molar-refractivity contribution in [2.75, 3.05) is 13.2 Å². The molecule has 0 heterocycles. The molecule has 0 saturated heterocycles. The fraction of sp³-hybridized carbons (Fsp3) is 0.776. The average Bonchev–Trinajstić information content (AvgIpc) is 3.18. The van der Waals surface area contributed by atoms with Crippen LogP contribution in [0.3, 0.4) is 0 Å². The molecule has 0 fully saturated rings. The fourth-order valence-corrected chi connectivity index (χ4v) is 6.25. The van der Waals surface area contributed by atoms with Gasteiger partial charge in [-0.15, -0.1) is 0 Å². The van der Waals surface area contributed by atoms with Crippen molar-refractivity contribution in [2.24, 2.45) is 0 Å². The minimum absolute atomic E-state index is 0.0978. The highest BCUT2D eigenvalue weighted by Crippen LogP contribution is 2.13. The molecule has 0 aromatic carbocycles. The number of allylic oxidation sites excluding steroid dienone is 8. The molecule has 0 aliphatic heterocycles. The van der Waals surface area contributed by atoms with Crippen LogP contribution in [0.25, 0.3) is 0 Å². The van der Waals surface area contributed by atoms with Gasteiger partial charge in [-0.05, 0) is 89.9 Å². The molecule has 0 aromatic heterocycles. The molecular weight excluding hydrogens is 685 g/mol. The van der Waals surface area contributed by atoms with Gasteiger partial charge in [-0.25, -0.2) is 0 Å². The molecule has 318 valence electrons. The summed E-state index contributed by atoms with van der Waals surface area (Å²) in [6.07, 6.45) is 51.0. The Labute approximate surface area is 339 Å². The van der Waals surface area contributed by atoms with Crippen molar-refractivity contribution in [1.82, 2.24) is 0 Å². The molecule has 0 spiro atoms. The van der Waals surface area contributed by atoms with E-state index in [4.69, 9.17) is 14.2 Å². The Hall–Kier alpha value is -2.63. The summed E-state index contributed by atoms with van der Waals surface area (Å²) in [5, 5.41) is 0. The second kappa shape index (κ2) is 44.1.